The van der Waals surface area contributed by atoms with Gasteiger partial charge < -0.3 is 14.5 Å². The molecule has 0 radical (unpaired) electrons. The van der Waals surface area contributed by atoms with Gasteiger partial charge in [-0.25, -0.2) is 4.98 Å². The van der Waals surface area contributed by atoms with Crippen LogP contribution >= 0.6 is 23.4 Å². The summed E-state index contributed by atoms with van der Waals surface area (Å²) in [7, 11) is 1.37. The third-order valence-electron chi connectivity index (χ3n) is 3.33. The Morgan fingerprint density at radius 3 is 2.92 bits per heavy atom. The average Bonchev–Trinajstić information content (AvgIpc) is 3.02. The van der Waals surface area contributed by atoms with Gasteiger partial charge in [-0.2, -0.15) is 0 Å². The first kappa shape index (κ1) is 18.0. The average molecular weight is 394 g/mol. The summed E-state index contributed by atoms with van der Waals surface area (Å²) < 4.78 is 10.6. The van der Waals surface area contributed by atoms with E-state index in [-0.39, 0.29) is 23.1 Å². The van der Waals surface area contributed by atoms with E-state index in [0.29, 0.717) is 27.0 Å². The van der Waals surface area contributed by atoms with E-state index in [0.717, 1.165) is 11.8 Å². The highest BCUT2D eigenvalue weighted by Crippen LogP contribution is 2.30. The number of anilines is 1. The van der Waals surface area contributed by atoms with Gasteiger partial charge in [0.2, 0.25) is 5.91 Å². The second-order valence-corrected chi connectivity index (χ2v) is 6.43. The van der Waals surface area contributed by atoms with Gasteiger partial charge in [-0.05, 0) is 24.3 Å². The van der Waals surface area contributed by atoms with Crippen molar-refractivity contribution < 1.29 is 18.9 Å². The number of nitro groups is 1. The number of nitrogens with one attached hydrogen (secondary N) is 1. The van der Waals surface area contributed by atoms with Gasteiger partial charge >= 0.3 is 0 Å². The quantitative estimate of drug-likeness (QED) is 0.381. The highest BCUT2D eigenvalue weighted by Gasteiger charge is 2.15. The Hall–Kier alpha value is -2.78. The molecule has 0 saturated heterocycles. The van der Waals surface area contributed by atoms with Crippen molar-refractivity contribution in [3.63, 3.8) is 0 Å². The lowest BCUT2D eigenvalue weighted by molar-refractivity contribution is -0.384. The molecule has 0 fully saturated rings. The fourth-order valence-electron chi connectivity index (χ4n) is 2.15. The number of hydrogen-bond acceptors (Lipinski definition) is 7. The molecule has 0 bridgehead atoms. The monoisotopic (exact) mass is 393 g/mol. The molecular formula is C16H12ClN3O5S. The normalized spacial score (nSPS) is 10.7. The first-order valence-electron chi connectivity index (χ1n) is 7.27. The standard InChI is InChI=1S/C16H12ClN3O5S/c1-24-14-7-10(20(22)23)3-4-11(14)18-15(21)8-26-16-19-12-6-9(17)2-5-13(12)25-16/h2-7H,8H2,1H3,(H,18,21). The Balaban J connectivity index is 1.65. The number of hydrogen-bond donors (Lipinski definition) is 1. The van der Waals surface area contributed by atoms with Gasteiger partial charge in [-0.1, -0.05) is 23.4 Å². The molecule has 1 N–H and O–H groups in total. The van der Waals surface area contributed by atoms with E-state index in [2.05, 4.69) is 10.3 Å². The van der Waals surface area contributed by atoms with E-state index in [1.165, 1.54) is 25.3 Å². The van der Waals surface area contributed by atoms with Crippen LogP contribution in [0.1, 0.15) is 0 Å². The van der Waals surface area contributed by atoms with E-state index in [4.69, 9.17) is 20.8 Å². The van der Waals surface area contributed by atoms with Crippen molar-refractivity contribution in [1.29, 1.82) is 0 Å². The lowest BCUT2D eigenvalue weighted by Crippen LogP contribution is -2.14. The zero-order valence-electron chi connectivity index (χ0n) is 13.4. The molecule has 3 aromatic rings. The summed E-state index contributed by atoms with van der Waals surface area (Å²) in [6, 6.07) is 9.02. The summed E-state index contributed by atoms with van der Waals surface area (Å²) >= 11 is 7.02. The molecule has 0 aliphatic carbocycles. The van der Waals surface area contributed by atoms with Crippen LogP contribution in [0.4, 0.5) is 11.4 Å². The minimum atomic E-state index is -0.538. The Morgan fingerprint density at radius 2 is 2.19 bits per heavy atom. The summed E-state index contributed by atoms with van der Waals surface area (Å²) in [6.07, 6.45) is 0. The van der Waals surface area contributed by atoms with Crippen molar-refractivity contribution in [2.45, 2.75) is 5.22 Å². The van der Waals surface area contributed by atoms with E-state index in [1.54, 1.807) is 18.2 Å². The summed E-state index contributed by atoms with van der Waals surface area (Å²) in [5, 5.41) is 14.3. The molecule has 0 aliphatic heterocycles. The van der Waals surface area contributed by atoms with Crippen molar-refractivity contribution >= 4 is 51.7 Å². The van der Waals surface area contributed by atoms with E-state index < -0.39 is 4.92 Å². The van der Waals surface area contributed by atoms with Gasteiger partial charge in [0.1, 0.15) is 11.3 Å². The van der Waals surface area contributed by atoms with Crippen LogP contribution in [0.15, 0.2) is 46.0 Å². The van der Waals surface area contributed by atoms with Crippen LogP contribution in [0.3, 0.4) is 0 Å². The minimum Gasteiger partial charge on any atom is -0.494 e. The van der Waals surface area contributed by atoms with Crippen molar-refractivity contribution in [1.82, 2.24) is 4.98 Å². The van der Waals surface area contributed by atoms with Gasteiger partial charge in [0, 0.05) is 11.1 Å². The lowest BCUT2D eigenvalue weighted by Gasteiger charge is -2.09. The van der Waals surface area contributed by atoms with E-state index >= 15 is 0 Å². The fraction of sp³-hybridized carbons (Fsp3) is 0.125. The van der Waals surface area contributed by atoms with Gasteiger partial charge in [0.05, 0.1) is 29.5 Å². The van der Waals surface area contributed by atoms with Gasteiger partial charge in [-0.3, -0.25) is 14.9 Å². The SMILES string of the molecule is COc1cc([N+](=O)[O-])ccc1NC(=O)CSc1nc2cc(Cl)ccc2o1. The molecule has 26 heavy (non-hydrogen) atoms. The molecule has 1 aromatic heterocycles. The number of amides is 1. The number of carbonyl (C=O) groups is 1. The predicted octanol–water partition coefficient (Wildman–Crippen LogP) is 4.13. The third kappa shape index (κ3) is 4.06. The molecule has 8 nitrogen and oxygen atoms in total. The van der Waals surface area contributed by atoms with Crippen molar-refractivity contribution in [2.24, 2.45) is 0 Å². The maximum atomic E-state index is 12.1. The summed E-state index contributed by atoms with van der Waals surface area (Å²) in [6.45, 7) is 0. The maximum absolute atomic E-state index is 12.1. The molecule has 0 aliphatic rings. The van der Waals surface area contributed by atoms with Crippen LogP contribution in [-0.4, -0.2) is 28.7 Å². The number of aromatic nitrogens is 1. The fourth-order valence-corrected chi connectivity index (χ4v) is 2.96. The highest BCUT2D eigenvalue weighted by atomic mass is 35.5. The molecular weight excluding hydrogens is 382 g/mol. The van der Waals surface area contributed by atoms with Crippen LogP contribution in [0, 0.1) is 10.1 Å². The Bertz CT molecular complexity index is 991. The first-order valence-corrected chi connectivity index (χ1v) is 8.64. The number of nitro benzene ring substituents is 1. The molecule has 3 rings (SSSR count). The number of halogens is 1. The predicted molar refractivity (Wildman–Crippen MR) is 98.0 cm³/mol. The molecule has 0 saturated carbocycles. The number of nitrogens with zero attached hydrogens (tertiary/aromatic N) is 2. The zero-order chi connectivity index (χ0) is 18.7. The second kappa shape index (κ2) is 7.63. The number of carbonyl (C=O) groups excluding carboxylic acids is 1. The maximum Gasteiger partial charge on any atom is 0.273 e. The summed E-state index contributed by atoms with van der Waals surface area (Å²) in [4.78, 5) is 26.6. The second-order valence-electron chi connectivity index (χ2n) is 5.07. The number of ether oxygens (including phenoxy) is 1. The number of rotatable bonds is 6. The Kier molecular flexibility index (Phi) is 5.29. The molecule has 1 heterocycles. The molecule has 0 unspecified atom stereocenters. The number of benzene rings is 2. The molecule has 134 valence electrons. The van der Waals surface area contributed by atoms with Crippen molar-refractivity contribution in [3.8, 4) is 5.75 Å². The smallest absolute Gasteiger partial charge is 0.273 e. The van der Waals surface area contributed by atoms with Crippen LogP contribution in [0.25, 0.3) is 11.1 Å². The van der Waals surface area contributed by atoms with E-state index in [1.807, 2.05) is 0 Å². The summed E-state index contributed by atoms with van der Waals surface area (Å²) in [5.41, 5.74) is 1.40. The lowest BCUT2D eigenvalue weighted by atomic mass is 10.2. The molecule has 0 atom stereocenters. The van der Waals surface area contributed by atoms with Crippen molar-refractivity contribution in [2.75, 3.05) is 18.2 Å². The third-order valence-corrected chi connectivity index (χ3v) is 4.39. The molecule has 2 aromatic carbocycles. The van der Waals surface area contributed by atoms with Crippen LogP contribution in [0.5, 0.6) is 5.75 Å². The van der Waals surface area contributed by atoms with Crippen molar-refractivity contribution in [3.05, 3.63) is 51.5 Å². The number of thioether (sulfide) groups is 1. The van der Waals surface area contributed by atoms with Gasteiger partial charge in [0.15, 0.2) is 5.58 Å². The van der Waals surface area contributed by atoms with Crippen LogP contribution in [0.2, 0.25) is 5.02 Å². The summed E-state index contributed by atoms with van der Waals surface area (Å²) in [5.74, 6) is -0.0859. The number of oxazole rings is 1. The largest absolute Gasteiger partial charge is 0.494 e. The van der Waals surface area contributed by atoms with E-state index in [9.17, 15) is 14.9 Å². The zero-order valence-corrected chi connectivity index (χ0v) is 15.0. The van der Waals surface area contributed by atoms with Crippen LogP contribution < -0.4 is 10.1 Å². The Morgan fingerprint density at radius 1 is 1.38 bits per heavy atom. The molecule has 0 spiro atoms. The van der Waals surface area contributed by atoms with Crippen LogP contribution in [-0.2, 0) is 4.79 Å². The van der Waals surface area contributed by atoms with Gasteiger partial charge in [0.25, 0.3) is 10.9 Å². The topological polar surface area (TPSA) is 108 Å². The first-order chi connectivity index (χ1) is 12.5. The van der Waals surface area contributed by atoms with Gasteiger partial charge in [-0.15, -0.1) is 0 Å². The molecule has 1 amide bonds. The number of non-ortho nitro benzene ring substituents is 1. The molecule has 10 heteroatoms. The number of fused-ring (bicyclic) bond motifs is 1. The Labute approximate surface area is 156 Å². The highest BCUT2D eigenvalue weighted by molar-refractivity contribution is 7.99. The number of methoxy groups -OCH3 is 1. The minimum absolute atomic E-state index is 0.0424.